The van der Waals surface area contributed by atoms with Gasteiger partial charge in [0.15, 0.2) is 0 Å². The van der Waals surface area contributed by atoms with Gasteiger partial charge in [0.05, 0.1) is 0 Å². The monoisotopic (exact) mass is 310 g/mol. The van der Waals surface area contributed by atoms with Crippen molar-refractivity contribution < 1.29 is 4.79 Å². The van der Waals surface area contributed by atoms with E-state index in [0.717, 1.165) is 25.0 Å². The molecule has 4 nitrogen and oxygen atoms in total. The van der Waals surface area contributed by atoms with Crippen molar-refractivity contribution in [3.8, 4) is 0 Å². The van der Waals surface area contributed by atoms with Gasteiger partial charge in [-0.25, -0.2) is 0 Å². The van der Waals surface area contributed by atoms with Gasteiger partial charge in [-0.05, 0) is 37.5 Å². The van der Waals surface area contributed by atoms with Gasteiger partial charge in [0, 0.05) is 17.7 Å². The van der Waals surface area contributed by atoms with Crippen LogP contribution in [0.3, 0.4) is 0 Å². The highest BCUT2D eigenvalue weighted by molar-refractivity contribution is 5.94. The lowest BCUT2D eigenvalue weighted by Gasteiger charge is -2.32. The molecule has 1 aromatic carbocycles. The van der Waals surface area contributed by atoms with Crippen LogP contribution in [0.25, 0.3) is 0 Å². The Bertz CT molecular complexity index is 737. The summed E-state index contributed by atoms with van der Waals surface area (Å²) in [5, 5.41) is 3.09. The van der Waals surface area contributed by atoms with E-state index in [1.165, 1.54) is 12.0 Å². The number of aryl methyl sites for hydroxylation is 1. The van der Waals surface area contributed by atoms with Gasteiger partial charge in [0.2, 0.25) is 0 Å². The summed E-state index contributed by atoms with van der Waals surface area (Å²) in [5.41, 5.74) is 1.88. The van der Waals surface area contributed by atoms with Crippen molar-refractivity contribution in [1.29, 1.82) is 0 Å². The maximum atomic E-state index is 12.5. The number of carbonyl (C=O) groups excluding carboxylic acids is 1. The minimum absolute atomic E-state index is 0.0827. The van der Waals surface area contributed by atoms with Gasteiger partial charge in [-0.1, -0.05) is 43.2 Å². The van der Waals surface area contributed by atoms with Crippen molar-refractivity contribution in [2.45, 2.75) is 44.6 Å². The van der Waals surface area contributed by atoms with Crippen LogP contribution in [-0.2, 0) is 0 Å². The minimum Gasteiger partial charge on any atom is -0.349 e. The van der Waals surface area contributed by atoms with E-state index in [0.29, 0.717) is 5.92 Å². The Morgan fingerprint density at radius 1 is 1.09 bits per heavy atom. The van der Waals surface area contributed by atoms with E-state index >= 15 is 0 Å². The molecular weight excluding hydrogens is 288 g/mol. The number of hydrogen-bond donors (Lipinski definition) is 2. The fraction of sp³-hybridized carbons (Fsp3) is 0.368. The summed E-state index contributed by atoms with van der Waals surface area (Å²) in [7, 11) is 0. The van der Waals surface area contributed by atoms with E-state index in [9.17, 15) is 9.59 Å². The molecule has 1 fully saturated rings. The Morgan fingerprint density at radius 2 is 1.83 bits per heavy atom. The fourth-order valence-electron chi connectivity index (χ4n) is 3.40. The largest absolute Gasteiger partial charge is 0.349 e. The number of pyridine rings is 1. The number of amides is 1. The van der Waals surface area contributed by atoms with Gasteiger partial charge in [0.25, 0.3) is 11.5 Å². The highest BCUT2D eigenvalue weighted by Crippen LogP contribution is 2.33. The first-order valence-electron chi connectivity index (χ1n) is 8.21. The molecule has 2 atom stereocenters. The predicted octanol–water partition coefficient (Wildman–Crippen LogP) is 3.14. The number of benzene rings is 1. The third-order valence-electron chi connectivity index (χ3n) is 4.61. The van der Waals surface area contributed by atoms with Crippen LogP contribution in [0.1, 0.15) is 53.2 Å². The smallest absolute Gasteiger partial charge is 0.260 e. The Labute approximate surface area is 135 Å². The van der Waals surface area contributed by atoms with Crippen molar-refractivity contribution in [1.82, 2.24) is 10.3 Å². The molecule has 1 saturated carbocycles. The first kappa shape index (κ1) is 15.5. The van der Waals surface area contributed by atoms with Gasteiger partial charge < -0.3 is 10.3 Å². The van der Waals surface area contributed by atoms with Crippen LogP contribution in [0.4, 0.5) is 0 Å². The summed E-state index contributed by atoms with van der Waals surface area (Å²) in [6, 6.07) is 13.8. The molecule has 2 N–H and O–H groups in total. The molecular formula is C19H22N2O2. The first-order valence-corrected chi connectivity index (χ1v) is 8.21. The lowest BCUT2D eigenvalue weighted by atomic mass is 9.80. The van der Waals surface area contributed by atoms with Crippen LogP contribution in [0.2, 0.25) is 0 Å². The predicted molar refractivity (Wildman–Crippen MR) is 90.7 cm³/mol. The number of aromatic nitrogens is 1. The number of carbonyl (C=O) groups is 1. The minimum atomic E-state index is -0.324. The molecule has 1 heterocycles. The summed E-state index contributed by atoms with van der Waals surface area (Å²) >= 11 is 0. The maximum Gasteiger partial charge on any atom is 0.260 e. The van der Waals surface area contributed by atoms with Crippen LogP contribution >= 0.6 is 0 Å². The second-order valence-corrected chi connectivity index (χ2v) is 6.27. The van der Waals surface area contributed by atoms with E-state index in [2.05, 4.69) is 22.4 Å². The zero-order chi connectivity index (χ0) is 16.2. The number of H-pyrrole nitrogens is 1. The van der Waals surface area contributed by atoms with Crippen LogP contribution in [0, 0.1) is 6.92 Å². The molecule has 1 amide bonds. The average Bonchev–Trinajstić information content (AvgIpc) is 2.56. The lowest BCUT2D eigenvalue weighted by Crippen LogP contribution is -2.42. The SMILES string of the molecule is Cc1ccc(C(=O)N[C@@H]2CCCC[C@H]2c2ccccc2)c(=O)[nH]1. The summed E-state index contributed by atoms with van der Waals surface area (Å²) in [4.78, 5) is 27.1. The summed E-state index contributed by atoms with van der Waals surface area (Å²) in [6.45, 7) is 1.80. The van der Waals surface area contributed by atoms with Gasteiger partial charge in [-0.3, -0.25) is 9.59 Å². The number of hydrogen-bond acceptors (Lipinski definition) is 2. The fourth-order valence-corrected chi connectivity index (χ4v) is 3.40. The van der Waals surface area contributed by atoms with Gasteiger partial charge in [-0.2, -0.15) is 0 Å². The molecule has 23 heavy (non-hydrogen) atoms. The molecule has 4 heteroatoms. The average molecular weight is 310 g/mol. The third kappa shape index (κ3) is 3.52. The Morgan fingerprint density at radius 3 is 2.57 bits per heavy atom. The molecule has 1 aliphatic rings. The molecule has 0 unspecified atom stereocenters. The Balaban J connectivity index is 1.79. The van der Waals surface area contributed by atoms with E-state index in [1.807, 2.05) is 18.2 Å². The summed E-state index contributed by atoms with van der Waals surface area (Å²) in [5.74, 6) is 0.0394. The normalized spacial score (nSPS) is 20.9. The van der Waals surface area contributed by atoms with Crippen LogP contribution in [-0.4, -0.2) is 16.9 Å². The van der Waals surface area contributed by atoms with E-state index in [4.69, 9.17) is 0 Å². The topological polar surface area (TPSA) is 62.0 Å². The molecule has 0 bridgehead atoms. The quantitative estimate of drug-likeness (QED) is 0.915. The Hall–Kier alpha value is -2.36. The molecule has 2 aromatic rings. The zero-order valence-corrected chi connectivity index (χ0v) is 13.3. The van der Waals surface area contributed by atoms with Crippen molar-refractivity contribution in [2.24, 2.45) is 0 Å². The highest BCUT2D eigenvalue weighted by Gasteiger charge is 2.28. The van der Waals surface area contributed by atoms with Gasteiger partial charge in [0.1, 0.15) is 5.56 Å². The van der Waals surface area contributed by atoms with Crippen molar-refractivity contribution in [3.63, 3.8) is 0 Å². The lowest BCUT2D eigenvalue weighted by molar-refractivity contribution is 0.0919. The van der Waals surface area contributed by atoms with Gasteiger partial charge in [-0.15, -0.1) is 0 Å². The molecule has 0 saturated heterocycles. The van der Waals surface area contributed by atoms with E-state index < -0.39 is 0 Å². The summed E-state index contributed by atoms with van der Waals surface area (Å²) < 4.78 is 0. The van der Waals surface area contributed by atoms with Crippen molar-refractivity contribution in [2.75, 3.05) is 0 Å². The van der Waals surface area contributed by atoms with Gasteiger partial charge >= 0.3 is 0 Å². The number of rotatable bonds is 3. The first-order chi connectivity index (χ1) is 11.1. The molecule has 3 rings (SSSR count). The highest BCUT2D eigenvalue weighted by atomic mass is 16.2. The van der Waals surface area contributed by atoms with E-state index in [-0.39, 0.29) is 23.1 Å². The standard InChI is InChI=1S/C19H22N2O2/c1-13-11-12-16(18(22)20-13)19(23)21-17-10-6-5-9-15(17)14-7-3-2-4-8-14/h2-4,7-8,11-12,15,17H,5-6,9-10H2,1H3,(H,20,22)(H,21,23)/t15-,17+/m0/s1. The molecule has 0 aliphatic heterocycles. The van der Waals surface area contributed by atoms with Crippen LogP contribution in [0.5, 0.6) is 0 Å². The number of nitrogens with one attached hydrogen (secondary N) is 2. The van der Waals surface area contributed by atoms with Crippen molar-refractivity contribution in [3.05, 3.63) is 69.6 Å². The molecule has 120 valence electrons. The van der Waals surface area contributed by atoms with Crippen LogP contribution < -0.4 is 10.9 Å². The second kappa shape index (κ2) is 6.82. The Kier molecular flexibility index (Phi) is 4.60. The van der Waals surface area contributed by atoms with Crippen LogP contribution in [0.15, 0.2) is 47.3 Å². The number of aromatic amines is 1. The molecule has 0 spiro atoms. The summed E-state index contributed by atoms with van der Waals surface area (Å²) in [6.07, 6.45) is 4.31. The molecule has 0 radical (unpaired) electrons. The van der Waals surface area contributed by atoms with E-state index in [1.54, 1.807) is 19.1 Å². The maximum absolute atomic E-state index is 12.5. The zero-order valence-electron chi connectivity index (χ0n) is 13.3. The second-order valence-electron chi connectivity index (χ2n) is 6.27. The molecule has 1 aromatic heterocycles. The van der Waals surface area contributed by atoms with Crippen molar-refractivity contribution >= 4 is 5.91 Å². The molecule has 1 aliphatic carbocycles. The third-order valence-corrected chi connectivity index (χ3v) is 4.61.